The summed E-state index contributed by atoms with van der Waals surface area (Å²) in [5, 5.41) is 11.8. The van der Waals surface area contributed by atoms with Gasteiger partial charge in [-0.2, -0.15) is 5.26 Å². The molecule has 1 N–H and O–H groups in total. The molecule has 5 heteroatoms. The number of nitrogens with zero attached hydrogens (tertiary/aromatic N) is 2. The molecule has 1 fully saturated rings. The van der Waals surface area contributed by atoms with Gasteiger partial charge in [0.15, 0.2) is 0 Å². The lowest BCUT2D eigenvalue weighted by Gasteiger charge is -2.10. The van der Waals surface area contributed by atoms with E-state index < -0.39 is 11.6 Å². The molecule has 1 aromatic heterocycles. The molecule has 0 atom stereocenters. The number of hydrogen-bond donors (Lipinski definition) is 1. The number of hydrogen-bond acceptors (Lipinski definition) is 3. The standard InChI is InChI=1S/C15H11F2N3/c16-11-4-5-12(17)14(7-11)20-15-10(8-18)3-6-13(19-15)9-1-2-9/h3-7,9H,1-2H2,(H,19,20). The first-order valence-electron chi connectivity index (χ1n) is 6.30. The van der Waals surface area contributed by atoms with Crippen molar-refractivity contribution < 1.29 is 8.78 Å². The van der Waals surface area contributed by atoms with E-state index in [1.54, 1.807) is 6.07 Å². The minimum absolute atomic E-state index is 0.0260. The van der Waals surface area contributed by atoms with Gasteiger partial charge in [-0.05, 0) is 37.1 Å². The Balaban J connectivity index is 1.98. The maximum absolute atomic E-state index is 13.6. The second-order valence-electron chi connectivity index (χ2n) is 4.77. The molecular formula is C15H11F2N3. The van der Waals surface area contributed by atoms with Crippen molar-refractivity contribution in [1.82, 2.24) is 4.98 Å². The number of nitriles is 1. The molecule has 0 radical (unpaired) electrons. The topological polar surface area (TPSA) is 48.7 Å². The molecule has 0 unspecified atom stereocenters. The van der Waals surface area contributed by atoms with Crippen LogP contribution in [0.25, 0.3) is 0 Å². The maximum Gasteiger partial charge on any atom is 0.148 e. The van der Waals surface area contributed by atoms with Gasteiger partial charge in [0.05, 0.1) is 11.3 Å². The smallest absolute Gasteiger partial charge is 0.148 e. The Labute approximate surface area is 114 Å². The van der Waals surface area contributed by atoms with E-state index >= 15 is 0 Å². The summed E-state index contributed by atoms with van der Waals surface area (Å²) < 4.78 is 26.8. The normalized spacial score (nSPS) is 13.8. The Morgan fingerprint density at radius 2 is 2.00 bits per heavy atom. The predicted octanol–water partition coefficient (Wildman–Crippen LogP) is 3.85. The second-order valence-corrected chi connectivity index (χ2v) is 4.77. The zero-order chi connectivity index (χ0) is 14.1. The summed E-state index contributed by atoms with van der Waals surface area (Å²) in [5.74, 6) is -0.457. The van der Waals surface area contributed by atoms with Crippen molar-refractivity contribution in [2.45, 2.75) is 18.8 Å². The van der Waals surface area contributed by atoms with Crippen LogP contribution >= 0.6 is 0 Å². The van der Waals surface area contributed by atoms with Crippen LogP contribution in [-0.2, 0) is 0 Å². The highest BCUT2D eigenvalue weighted by molar-refractivity contribution is 5.63. The van der Waals surface area contributed by atoms with E-state index in [2.05, 4.69) is 10.3 Å². The van der Waals surface area contributed by atoms with Gasteiger partial charge in [0.25, 0.3) is 0 Å². The summed E-state index contributed by atoms with van der Waals surface area (Å²) in [5.41, 5.74) is 1.16. The quantitative estimate of drug-likeness (QED) is 0.922. The van der Waals surface area contributed by atoms with E-state index in [9.17, 15) is 8.78 Å². The SMILES string of the molecule is N#Cc1ccc(C2CC2)nc1Nc1cc(F)ccc1F. The van der Waals surface area contributed by atoms with Crippen molar-refractivity contribution in [2.24, 2.45) is 0 Å². The molecule has 3 nitrogen and oxygen atoms in total. The summed E-state index contributed by atoms with van der Waals surface area (Å²) in [6.07, 6.45) is 2.15. The van der Waals surface area contributed by atoms with Crippen LogP contribution in [0.1, 0.15) is 30.0 Å². The summed E-state index contributed by atoms with van der Waals surface area (Å²) in [6.45, 7) is 0. The predicted molar refractivity (Wildman–Crippen MR) is 70.6 cm³/mol. The fourth-order valence-corrected chi connectivity index (χ4v) is 1.99. The zero-order valence-electron chi connectivity index (χ0n) is 10.5. The molecule has 0 spiro atoms. The highest BCUT2D eigenvalue weighted by Gasteiger charge is 2.25. The Hall–Kier alpha value is -2.48. The fourth-order valence-electron chi connectivity index (χ4n) is 1.99. The minimum Gasteiger partial charge on any atom is -0.337 e. The van der Waals surface area contributed by atoms with Gasteiger partial charge in [0.1, 0.15) is 23.5 Å². The number of aromatic nitrogens is 1. The average Bonchev–Trinajstić information content (AvgIpc) is 3.27. The zero-order valence-corrected chi connectivity index (χ0v) is 10.5. The lowest BCUT2D eigenvalue weighted by Crippen LogP contribution is -2.01. The summed E-state index contributed by atoms with van der Waals surface area (Å²) in [4.78, 5) is 4.35. The van der Waals surface area contributed by atoms with Crippen molar-refractivity contribution in [1.29, 1.82) is 5.26 Å². The molecule has 1 saturated carbocycles. The van der Waals surface area contributed by atoms with Crippen LogP contribution < -0.4 is 5.32 Å². The molecular weight excluding hydrogens is 260 g/mol. The molecule has 1 heterocycles. The van der Waals surface area contributed by atoms with Crippen molar-refractivity contribution >= 4 is 11.5 Å². The molecule has 1 aromatic carbocycles. The van der Waals surface area contributed by atoms with Gasteiger partial charge < -0.3 is 5.32 Å². The molecule has 100 valence electrons. The van der Waals surface area contributed by atoms with Crippen LogP contribution in [0.3, 0.4) is 0 Å². The summed E-state index contributed by atoms with van der Waals surface area (Å²) in [7, 11) is 0. The Morgan fingerprint density at radius 3 is 2.70 bits per heavy atom. The van der Waals surface area contributed by atoms with E-state index in [0.717, 1.165) is 36.7 Å². The fraction of sp³-hybridized carbons (Fsp3) is 0.200. The minimum atomic E-state index is -0.589. The second kappa shape index (κ2) is 4.89. The lowest BCUT2D eigenvalue weighted by molar-refractivity contribution is 0.603. The number of halogens is 2. The van der Waals surface area contributed by atoms with Crippen molar-refractivity contribution in [2.75, 3.05) is 5.32 Å². The monoisotopic (exact) mass is 271 g/mol. The highest BCUT2D eigenvalue weighted by atomic mass is 19.1. The number of anilines is 2. The first-order valence-corrected chi connectivity index (χ1v) is 6.30. The van der Waals surface area contributed by atoms with Crippen LogP contribution in [0, 0.1) is 23.0 Å². The molecule has 0 aliphatic heterocycles. The first kappa shape index (κ1) is 12.5. The number of rotatable bonds is 3. The van der Waals surface area contributed by atoms with Crippen LogP contribution in [0.4, 0.5) is 20.3 Å². The van der Waals surface area contributed by atoms with Crippen molar-refractivity contribution in [3.63, 3.8) is 0 Å². The lowest BCUT2D eigenvalue weighted by atomic mass is 10.2. The van der Waals surface area contributed by atoms with E-state index in [1.807, 2.05) is 12.1 Å². The van der Waals surface area contributed by atoms with Crippen LogP contribution in [0.2, 0.25) is 0 Å². The Morgan fingerprint density at radius 1 is 1.20 bits per heavy atom. The van der Waals surface area contributed by atoms with Crippen LogP contribution in [0.5, 0.6) is 0 Å². The van der Waals surface area contributed by atoms with Crippen LogP contribution in [-0.4, -0.2) is 4.98 Å². The summed E-state index contributed by atoms with van der Waals surface area (Å²) >= 11 is 0. The average molecular weight is 271 g/mol. The first-order chi connectivity index (χ1) is 9.67. The van der Waals surface area contributed by atoms with E-state index in [4.69, 9.17) is 5.26 Å². The Kier molecular flexibility index (Phi) is 3.07. The molecule has 0 bridgehead atoms. The van der Waals surface area contributed by atoms with E-state index in [1.165, 1.54) is 0 Å². The third-order valence-electron chi connectivity index (χ3n) is 3.21. The van der Waals surface area contributed by atoms with Gasteiger partial charge >= 0.3 is 0 Å². The maximum atomic E-state index is 13.6. The molecule has 3 rings (SSSR count). The molecule has 0 saturated heterocycles. The van der Waals surface area contributed by atoms with Gasteiger partial charge in [-0.1, -0.05) is 0 Å². The van der Waals surface area contributed by atoms with Gasteiger partial charge in [0, 0.05) is 17.7 Å². The van der Waals surface area contributed by atoms with Crippen molar-refractivity contribution in [3.8, 4) is 6.07 Å². The van der Waals surface area contributed by atoms with Gasteiger partial charge in [-0.15, -0.1) is 0 Å². The molecule has 20 heavy (non-hydrogen) atoms. The van der Waals surface area contributed by atoms with Crippen LogP contribution in [0.15, 0.2) is 30.3 Å². The van der Waals surface area contributed by atoms with Gasteiger partial charge in [-0.25, -0.2) is 13.8 Å². The van der Waals surface area contributed by atoms with E-state index in [-0.39, 0.29) is 11.5 Å². The van der Waals surface area contributed by atoms with Gasteiger partial charge in [0.2, 0.25) is 0 Å². The molecule has 1 aliphatic carbocycles. The Bertz CT molecular complexity index is 703. The third kappa shape index (κ3) is 2.45. The summed E-state index contributed by atoms with van der Waals surface area (Å²) in [6, 6.07) is 8.58. The molecule has 0 amide bonds. The van der Waals surface area contributed by atoms with Crippen molar-refractivity contribution in [3.05, 3.63) is 53.2 Å². The number of benzene rings is 1. The molecule has 1 aliphatic rings. The largest absolute Gasteiger partial charge is 0.337 e. The molecule has 2 aromatic rings. The number of pyridine rings is 1. The third-order valence-corrected chi connectivity index (χ3v) is 3.21. The van der Waals surface area contributed by atoms with Gasteiger partial charge in [-0.3, -0.25) is 0 Å². The van der Waals surface area contributed by atoms with E-state index in [0.29, 0.717) is 11.5 Å². The highest BCUT2D eigenvalue weighted by Crippen LogP contribution is 2.39. The number of nitrogens with one attached hydrogen (secondary N) is 1.